The van der Waals surface area contributed by atoms with E-state index in [2.05, 4.69) is 4.72 Å². The van der Waals surface area contributed by atoms with Gasteiger partial charge in [-0.3, -0.25) is 14.3 Å². The molecule has 0 spiro atoms. The first-order valence-electron chi connectivity index (χ1n) is 10.5. The topological polar surface area (TPSA) is 86.8 Å². The number of nitrogens with zero attached hydrogens (tertiary/aromatic N) is 2. The molecule has 1 heterocycles. The summed E-state index contributed by atoms with van der Waals surface area (Å²) in [6.45, 7) is 3.96. The second-order valence-electron chi connectivity index (χ2n) is 8.47. The molecular formula is C23H27N3O4S. The van der Waals surface area contributed by atoms with Gasteiger partial charge in [0.2, 0.25) is 21.8 Å². The molecule has 1 saturated carbocycles. The maximum Gasteiger partial charge on any atom is 0.230 e. The zero-order chi connectivity index (χ0) is 22.3. The Morgan fingerprint density at radius 2 is 1.74 bits per heavy atom. The van der Waals surface area contributed by atoms with Crippen LogP contribution in [0.25, 0.3) is 11.1 Å². The molecule has 0 aromatic heterocycles. The Balaban J connectivity index is 1.77. The molecule has 1 atom stereocenters. The summed E-state index contributed by atoms with van der Waals surface area (Å²) >= 11 is 0. The molecule has 0 unspecified atom stereocenters. The Morgan fingerprint density at radius 1 is 1.03 bits per heavy atom. The van der Waals surface area contributed by atoms with E-state index in [1.807, 2.05) is 36.1 Å². The van der Waals surface area contributed by atoms with E-state index in [1.165, 1.54) is 6.92 Å². The average molecular weight is 442 g/mol. The summed E-state index contributed by atoms with van der Waals surface area (Å²) in [6.07, 6.45) is 4.01. The van der Waals surface area contributed by atoms with Gasteiger partial charge in [-0.2, -0.15) is 0 Å². The van der Waals surface area contributed by atoms with Crippen LogP contribution in [0.1, 0.15) is 33.1 Å². The molecule has 164 valence electrons. The summed E-state index contributed by atoms with van der Waals surface area (Å²) in [6, 6.07) is 12.7. The van der Waals surface area contributed by atoms with Crippen molar-refractivity contribution in [3.8, 4) is 11.1 Å². The van der Waals surface area contributed by atoms with Gasteiger partial charge in [0.1, 0.15) is 0 Å². The van der Waals surface area contributed by atoms with Crippen LogP contribution in [-0.4, -0.2) is 39.1 Å². The van der Waals surface area contributed by atoms with Gasteiger partial charge < -0.3 is 9.80 Å². The molecule has 2 aliphatic rings. The lowest BCUT2D eigenvalue weighted by Crippen LogP contribution is -2.53. The Bertz CT molecular complexity index is 1140. The Morgan fingerprint density at radius 3 is 2.35 bits per heavy atom. The Hall–Kier alpha value is -2.87. The summed E-state index contributed by atoms with van der Waals surface area (Å²) < 4.78 is 25.7. The first-order valence-corrected chi connectivity index (χ1v) is 12.4. The first kappa shape index (κ1) is 21.4. The van der Waals surface area contributed by atoms with E-state index >= 15 is 0 Å². The van der Waals surface area contributed by atoms with Crippen LogP contribution in [0.4, 0.5) is 17.1 Å². The van der Waals surface area contributed by atoms with Gasteiger partial charge in [-0.25, -0.2) is 8.42 Å². The number of anilines is 3. The molecule has 1 aliphatic heterocycles. The molecule has 0 saturated heterocycles. The van der Waals surface area contributed by atoms with Crippen molar-refractivity contribution in [1.82, 2.24) is 0 Å². The van der Waals surface area contributed by atoms with Crippen LogP contribution in [0.15, 0.2) is 42.5 Å². The summed E-state index contributed by atoms with van der Waals surface area (Å²) in [5.41, 5.74) is 3.59. The summed E-state index contributed by atoms with van der Waals surface area (Å²) in [5.74, 6) is 0.110. The summed E-state index contributed by atoms with van der Waals surface area (Å²) in [5, 5.41) is 0. The molecule has 2 amide bonds. The highest BCUT2D eigenvalue weighted by atomic mass is 32.2. The van der Waals surface area contributed by atoms with Crippen LogP contribution in [0.2, 0.25) is 0 Å². The van der Waals surface area contributed by atoms with Crippen molar-refractivity contribution in [2.45, 2.75) is 39.2 Å². The number of fused-ring (bicyclic) bond motifs is 1. The third-order valence-electron chi connectivity index (χ3n) is 5.97. The molecule has 4 rings (SSSR count). The van der Waals surface area contributed by atoms with E-state index in [-0.39, 0.29) is 23.8 Å². The van der Waals surface area contributed by atoms with E-state index in [9.17, 15) is 18.0 Å². The number of amides is 2. The van der Waals surface area contributed by atoms with Gasteiger partial charge in [-0.15, -0.1) is 0 Å². The SMILES string of the molecule is CC(=O)N1c2ccc(-c3cccc(NS(C)(=O)=O)c3)cc2N(C(=O)C2CCC2)C[C@@H]1C. The standard InChI is InChI=1S/C23H27N3O4S/c1-15-14-25(23(28)17-6-4-7-17)22-13-19(10-11-21(22)26(15)16(2)27)18-8-5-9-20(12-18)24-31(3,29)30/h5,8-13,15,17,24H,4,6-7,14H2,1-3H3/t15-/m0/s1. The third-order valence-corrected chi connectivity index (χ3v) is 6.58. The van der Waals surface area contributed by atoms with Crippen molar-refractivity contribution in [1.29, 1.82) is 0 Å². The van der Waals surface area contributed by atoms with Crippen LogP contribution in [0.3, 0.4) is 0 Å². The second kappa shape index (κ2) is 8.00. The number of rotatable bonds is 4. The van der Waals surface area contributed by atoms with Crippen LogP contribution in [-0.2, 0) is 19.6 Å². The Labute approximate surface area is 183 Å². The van der Waals surface area contributed by atoms with Crippen molar-refractivity contribution in [2.24, 2.45) is 5.92 Å². The lowest BCUT2D eigenvalue weighted by Gasteiger charge is -2.43. The molecule has 31 heavy (non-hydrogen) atoms. The number of hydrogen-bond donors (Lipinski definition) is 1. The fourth-order valence-electron chi connectivity index (χ4n) is 4.35. The fourth-order valence-corrected chi connectivity index (χ4v) is 4.90. The zero-order valence-corrected chi connectivity index (χ0v) is 18.8. The maximum absolute atomic E-state index is 13.2. The number of benzene rings is 2. The van der Waals surface area contributed by atoms with E-state index in [4.69, 9.17) is 0 Å². The van der Waals surface area contributed by atoms with Gasteiger partial charge in [0, 0.05) is 25.1 Å². The van der Waals surface area contributed by atoms with Gasteiger partial charge >= 0.3 is 0 Å². The lowest BCUT2D eigenvalue weighted by atomic mass is 9.84. The maximum atomic E-state index is 13.2. The van der Waals surface area contributed by atoms with Gasteiger partial charge in [-0.05, 0) is 55.2 Å². The minimum Gasteiger partial charge on any atom is -0.308 e. The number of sulfonamides is 1. The quantitative estimate of drug-likeness (QED) is 0.785. The first-order chi connectivity index (χ1) is 14.6. The van der Waals surface area contributed by atoms with Crippen LogP contribution in [0, 0.1) is 5.92 Å². The van der Waals surface area contributed by atoms with E-state index < -0.39 is 10.0 Å². The Kier molecular flexibility index (Phi) is 5.51. The minimum atomic E-state index is -3.39. The highest BCUT2D eigenvalue weighted by molar-refractivity contribution is 7.92. The van der Waals surface area contributed by atoms with Crippen LogP contribution < -0.4 is 14.5 Å². The summed E-state index contributed by atoms with van der Waals surface area (Å²) in [7, 11) is -3.39. The predicted molar refractivity (Wildman–Crippen MR) is 123 cm³/mol. The van der Waals surface area contributed by atoms with Crippen molar-refractivity contribution in [3.63, 3.8) is 0 Å². The molecular weight excluding hydrogens is 414 g/mol. The monoisotopic (exact) mass is 441 g/mol. The van der Waals surface area contributed by atoms with E-state index in [0.717, 1.165) is 48.0 Å². The summed E-state index contributed by atoms with van der Waals surface area (Å²) in [4.78, 5) is 29.1. The van der Waals surface area contributed by atoms with Crippen molar-refractivity contribution >= 4 is 38.9 Å². The molecule has 1 aliphatic carbocycles. The smallest absolute Gasteiger partial charge is 0.230 e. The molecule has 2 aromatic rings. The lowest BCUT2D eigenvalue weighted by molar-refractivity contribution is -0.125. The van der Waals surface area contributed by atoms with Crippen molar-refractivity contribution in [3.05, 3.63) is 42.5 Å². The van der Waals surface area contributed by atoms with Gasteiger partial charge in [0.25, 0.3) is 0 Å². The average Bonchev–Trinajstić information content (AvgIpc) is 2.64. The normalized spacial score (nSPS) is 18.9. The van der Waals surface area contributed by atoms with E-state index in [0.29, 0.717) is 12.2 Å². The molecule has 2 aromatic carbocycles. The highest BCUT2D eigenvalue weighted by Crippen LogP contribution is 2.41. The van der Waals surface area contributed by atoms with Gasteiger partial charge in [-0.1, -0.05) is 24.6 Å². The van der Waals surface area contributed by atoms with E-state index in [1.54, 1.807) is 23.1 Å². The molecule has 0 bridgehead atoms. The number of nitrogens with one attached hydrogen (secondary N) is 1. The van der Waals surface area contributed by atoms with Crippen LogP contribution in [0.5, 0.6) is 0 Å². The van der Waals surface area contributed by atoms with Crippen molar-refractivity contribution < 1.29 is 18.0 Å². The molecule has 7 nitrogen and oxygen atoms in total. The number of carbonyl (C=O) groups excluding carboxylic acids is 2. The van der Waals surface area contributed by atoms with Gasteiger partial charge in [0.15, 0.2) is 0 Å². The van der Waals surface area contributed by atoms with Crippen molar-refractivity contribution in [2.75, 3.05) is 27.3 Å². The third kappa shape index (κ3) is 4.30. The molecule has 0 radical (unpaired) electrons. The minimum absolute atomic E-state index is 0.0508. The second-order valence-corrected chi connectivity index (χ2v) is 10.2. The molecule has 1 fully saturated rings. The highest BCUT2D eigenvalue weighted by Gasteiger charge is 2.37. The zero-order valence-electron chi connectivity index (χ0n) is 18.0. The largest absolute Gasteiger partial charge is 0.308 e. The van der Waals surface area contributed by atoms with Gasteiger partial charge in [0.05, 0.1) is 23.7 Å². The predicted octanol–water partition coefficient (Wildman–Crippen LogP) is 3.61. The fraction of sp³-hybridized carbons (Fsp3) is 0.391. The molecule has 8 heteroatoms. The number of carbonyl (C=O) groups is 2. The number of hydrogen-bond acceptors (Lipinski definition) is 4. The van der Waals surface area contributed by atoms with Crippen LogP contribution >= 0.6 is 0 Å². The molecule has 1 N–H and O–H groups in total.